The van der Waals surface area contributed by atoms with Gasteiger partial charge in [-0.1, -0.05) is 0 Å². The second-order valence-corrected chi connectivity index (χ2v) is 7.83. The molecular weight excluding hydrogens is 344 g/mol. The maximum absolute atomic E-state index is 12.8. The third-order valence-electron chi connectivity index (χ3n) is 5.98. The van der Waals surface area contributed by atoms with Crippen molar-refractivity contribution < 1.29 is 9.90 Å². The van der Waals surface area contributed by atoms with E-state index in [1.807, 2.05) is 17.0 Å². The van der Waals surface area contributed by atoms with Crippen molar-refractivity contribution in [2.45, 2.75) is 18.9 Å². The molecule has 1 aromatic carbocycles. The van der Waals surface area contributed by atoms with Gasteiger partial charge in [0.15, 0.2) is 0 Å². The van der Waals surface area contributed by atoms with E-state index in [-0.39, 0.29) is 17.9 Å². The molecule has 1 atom stereocenters. The molecule has 1 aromatic heterocycles. The number of hydrogen-bond acceptors (Lipinski definition) is 6. The number of benzene rings is 1. The van der Waals surface area contributed by atoms with Crippen molar-refractivity contribution in [1.82, 2.24) is 30.1 Å². The van der Waals surface area contributed by atoms with Gasteiger partial charge in [-0.3, -0.25) is 9.69 Å². The Morgan fingerprint density at radius 1 is 1.15 bits per heavy atom. The highest BCUT2D eigenvalue weighted by atomic mass is 16.3. The number of nitrogens with zero attached hydrogens (tertiary/aromatic N) is 5. The molecule has 0 bridgehead atoms. The lowest BCUT2D eigenvalue weighted by Crippen LogP contribution is -2.49. The van der Waals surface area contributed by atoms with Crippen LogP contribution in [0.4, 0.5) is 0 Å². The molecule has 4 rings (SSSR count). The molecule has 2 aliphatic rings. The van der Waals surface area contributed by atoms with E-state index >= 15 is 0 Å². The largest absolute Gasteiger partial charge is 0.392 e. The summed E-state index contributed by atoms with van der Waals surface area (Å²) in [5, 5.41) is 21.3. The van der Waals surface area contributed by atoms with Crippen LogP contribution in [0, 0.1) is 5.92 Å². The van der Waals surface area contributed by atoms with Gasteiger partial charge in [-0.2, -0.15) is 15.4 Å². The summed E-state index contributed by atoms with van der Waals surface area (Å²) in [5.41, 5.74) is 2.11. The zero-order valence-corrected chi connectivity index (χ0v) is 15.8. The predicted molar refractivity (Wildman–Crippen MR) is 102 cm³/mol. The number of piperazine rings is 1. The number of β-amino-alcohol motifs (C(OH)–C–C–N with tert-alkyl or cyclic N) is 1. The van der Waals surface area contributed by atoms with Crippen LogP contribution in [0.2, 0.25) is 0 Å². The molecule has 0 spiro atoms. The molecule has 8 nitrogen and oxygen atoms in total. The van der Waals surface area contributed by atoms with Crippen molar-refractivity contribution in [3.63, 3.8) is 0 Å². The van der Waals surface area contributed by atoms with Gasteiger partial charge in [0, 0.05) is 51.4 Å². The molecule has 1 amide bonds. The maximum Gasteiger partial charge on any atom is 0.253 e. The monoisotopic (exact) mass is 372 g/mol. The molecule has 27 heavy (non-hydrogen) atoms. The summed E-state index contributed by atoms with van der Waals surface area (Å²) in [5.74, 6) is 0.304. The smallest absolute Gasteiger partial charge is 0.253 e. The fourth-order valence-corrected chi connectivity index (χ4v) is 4.09. The number of H-pyrrole nitrogens is 1. The molecule has 0 saturated carbocycles. The number of likely N-dealkylation sites (tertiary alicyclic amines) is 1. The van der Waals surface area contributed by atoms with Gasteiger partial charge < -0.3 is 14.9 Å². The number of nitrogens with one attached hydrogen (secondary N) is 1. The van der Waals surface area contributed by atoms with Crippen molar-refractivity contribution in [2.75, 3.05) is 52.9 Å². The molecule has 2 saturated heterocycles. The zero-order valence-electron chi connectivity index (χ0n) is 15.8. The van der Waals surface area contributed by atoms with Crippen molar-refractivity contribution in [3.8, 4) is 0 Å². The average molecular weight is 372 g/mol. The van der Waals surface area contributed by atoms with E-state index in [0.717, 1.165) is 51.1 Å². The summed E-state index contributed by atoms with van der Waals surface area (Å²) in [6, 6.07) is 5.41. The number of amides is 1. The van der Waals surface area contributed by atoms with E-state index < -0.39 is 0 Å². The van der Waals surface area contributed by atoms with E-state index in [1.165, 1.54) is 0 Å². The molecule has 2 aromatic rings. The number of aliphatic hydroxyl groups excluding tert-OH is 1. The molecule has 146 valence electrons. The van der Waals surface area contributed by atoms with Crippen LogP contribution in [0.25, 0.3) is 11.0 Å². The predicted octanol–water partition coefficient (Wildman–Crippen LogP) is 0.418. The van der Waals surface area contributed by atoms with Gasteiger partial charge in [-0.15, -0.1) is 0 Å². The minimum absolute atomic E-state index is 0.0342. The Bertz CT molecular complexity index is 777. The van der Waals surface area contributed by atoms with Gasteiger partial charge in [0.05, 0.1) is 6.10 Å². The Hall–Kier alpha value is -2.03. The fraction of sp³-hybridized carbons (Fsp3) is 0.632. The minimum Gasteiger partial charge on any atom is -0.392 e. The van der Waals surface area contributed by atoms with Gasteiger partial charge in [0.1, 0.15) is 11.0 Å². The van der Waals surface area contributed by atoms with Crippen LogP contribution in [0.1, 0.15) is 23.2 Å². The van der Waals surface area contributed by atoms with Crippen LogP contribution in [0.3, 0.4) is 0 Å². The van der Waals surface area contributed by atoms with E-state index in [9.17, 15) is 9.90 Å². The van der Waals surface area contributed by atoms with Crippen molar-refractivity contribution in [1.29, 1.82) is 0 Å². The summed E-state index contributed by atoms with van der Waals surface area (Å²) in [6.45, 7) is 6.31. The Morgan fingerprint density at radius 3 is 2.59 bits per heavy atom. The first kappa shape index (κ1) is 18.3. The Morgan fingerprint density at radius 2 is 1.85 bits per heavy atom. The summed E-state index contributed by atoms with van der Waals surface area (Å²) >= 11 is 0. The van der Waals surface area contributed by atoms with E-state index in [1.54, 1.807) is 6.07 Å². The Labute approximate surface area is 159 Å². The first-order chi connectivity index (χ1) is 13.1. The first-order valence-corrected chi connectivity index (χ1v) is 9.79. The molecule has 1 unspecified atom stereocenters. The van der Waals surface area contributed by atoms with Crippen LogP contribution < -0.4 is 0 Å². The number of aliphatic hydroxyl groups is 1. The lowest BCUT2D eigenvalue weighted by molar-refractivity contribution is 0.0196. The number of fused-ring (bicyclic) bond motifs is 1. The number of hydrogen-bond donors (Lipinski definition) is 2. The number of likely N-dealkylation sites (N-methyl/N-ethyl adjacent to an activating group) is 1. The van der Waals surface area contributed by atoms with Gasteiger partial charge in [0.2, 0.25) is 0 Å². The molecular formula is C19H28N6O2. The SMILES string of the molecule is CN1CCN(CC(O)C2CCN(C(=O)c3ccc4n[nH]nc4c3)CC2)CC1. The topological polar surface area (TPSA) is 88.6 Å². The molecule has 0 aliphatic carbocycles. The quantitative estimate of drug-likeness (QED) is 0.809. The summed E-state index contributed by atoms with van der Waals surface area (Å²) in [7, 11) is 2.14. The van der Waals surface area contributed by atoms with Crippen molar-refractivity contribution in [2.24, 2.45) is 5.92 Å². The fourth-order valence-electron chi connectivity index (χ4n) is 4.09. The molecule has 8 heteroatoms. The third-order valence-corrected chi connectivity index (χ3v) is 5.98. The van der Waals surface area contributed by atoms with Crippen LogP contribution in [0.5, 0.6) is 0 Å². The number of carbonyl (C=O) groups is 1. The molecule has 2 aliphatic heterocycles. The highest BCUT2D eigenvalue weighted by Gasteiger charge is 2.29. The minimum atomic E-state index is -0.308. The van der Waals surface area contributed by atoms with E-state index in [0.29, 0.717) is 24.2 Å². The van der Waals surface area contributed by atoms with Crippen LogP contribution >= 0.6 is 0 Å². The number of piperidine rings is 1. The van der Waals surface area contributed by atoms with E-state index in [2.05, 4.69) is 32.3 Å². The second kappa shape index (κ2) is 7.92. The lowest BCUT2D eigenvalue weighted by atomic mass is 9.90. The van der Waals surface area contributed by atoms with Crippen LogP contribution in [-0.4, -0.2) is 100 Å². The Kier molecular flexibility index (Phi) is 5.38. The summed E-state index contributed by atoms with van der Waals surface area (Å²) in [6.07, 6.45) is 1.40. The van der Waals surface area contributed by atoms with Gasteiger partial charge in [-0.25, -0.2) is 0 Å². The van der Waals surface area contributed by atoms with Gasteiger partial charge in [0.25, 0.3) is 5.91 Å². The van der Waals surface area contributed by atoms with E-state index in [4.69, 9.17) is 0 Å². The second-order valence-electron chi connectivity index (χ2n) is 7.83. The first-order valence-electron chi connectivity index (χ1n) is 9.79. The normalized spacial score (nSPS) is 21.6. The van der Waals surface area contributed by atoms with Crippen molar-refractivity contribution >= 4 is 16.9 Å². The summed E-state index contributed by atoms with van der Waals surface area (Å²) < 4.78 is 0. The standard InChI is InChI=1S/C19H28N6O2/c1-23-8-10-24(11-9-23)13-18(26)14-4-6-25(7-5-14)19(27)15-2-3-16-17(12-15)21-22-20-16/h2-3,12,14,18,26H,4-11,13H2,1H3,(H,20,21,22). The highest BCUT2D eigenvalue weighted by molar-refractivity contribution is 5.97. The number of carbonyl (C=O) groups excluding carboxylic acids is 1. The van der Waals surface area contributed by atoms with Gasteiger partial charge >= 0.3 is 0 Å². The molecule has 2 fully saturated rings. The van der Waals surface area contributed by atoms with Crippen LogP contribution in [-0.2, 0) is 0 Å². The number of aromatic amines is 1. The average Bonchev–Trinajstić information content (AvgIpc) is 3.17. The van der Waals surface area contributed by atoms with Crippen LogP contribution in [0.15, 0.2) is 18.2 Å². The number of rotatable bonds is 4. The van der Waals surface area contributed by atoms with Crippen molar-refractivity contribution in [3.05, 3.63) is 23.8 Å². The molecule has 2 N–H and O–H groups in total. The number of aromatic nitrogens is 3. The third kappa shape index (κ3) is 4.12. The van der Waals surface area contributed by atoms with Gasteiger partial charge in [-0.05, 0) is 44.0 Å². The molecule has 3 heterocycles. The zero-order chi connectivity index (χ0) is 18.8. The lowest BCUT2D eigenvalue weighted by Gasteiger charge is -2.38. The Balaban J connectivity index is 1.29. The molecule has 0 radical (unpaired) electrons. The maximum atomic E-state index is 12.8. The summed E-state index contributed by atoms with van der Waals surface area (Å²) in [4.78, 5) is 19.4. The highest BCUT2D eigenvalue weighted by Crippen LogP contribution is 2.23.